The Kier molecular flexibility index (Phi) is 7.20. The average Bonchev–Trinajstić information content (AvgIpc) is 2.84. The zero-order chi connectivity index (χ0) is 24.0. The van der Waals surface area contributed by atoms with Gasteiger partial charge in [0, 0.05) is 5.56 Å². The fourth-order valence-electron chi connectivity index (χ4n) is 3.15. The Labute approximate surface area is 190 Å². The fraction of sp³-hybridized carbons (Fsp3) is 0.208. The lowest BCUT2D eigenvalue weighted by molar-refractivity contribution is 0.0947. The number of nitriles is 1. The summed E-state index contributed by atoms with van der Waals surface area (Å²) >= 11 is 0. The van der Waals surface area contributed by atoms with Gasteiger partial charge in [-0.3, -0.25) is 9.59 Å². The second-order valence-electron chi connectivity index (χ2n) is 7.01. The molecule has 9 heteroatoms. The molecule has 0 spiro atoms. The summed E-state index contributed by atoms with van der Waals surface area (Å²) in [6.07, 6.45) is 2.27. The molecule has 0 aliphatic carbocycles. The summed E-state index contributed by atoms with van der Waals surface area (Å²) in [5, 5.41) is 17.7. The molecule has 9 nitrogen and oxygen atoms in total. The standard InChI is InChI=1S/C24H23N5O4/c1-5-16-6-9-18(10-7-16)29-24(31)19(13-25)15(2)22(28-29)23(30)27-26-14-17-8-11-20(32-3)21(12-17)33-4/h6-12,14H,5H2,1-4H3,(H,27,30)/b26-14+. The van der Waals surface area contributed by atoms with E-state index in [1.165, 1.54) is 27.4 Å². The van der Waals surface area contributed by atoms with Crippen molar-refractivity contribution in [2.24, 2.45) is 5.10 Å². The van der Waals surface area contributed by atoms with Crippen LogP contribution in [0.3, 0.4) is 0 Å². The molecule has 1 aromatic heterocycles. The summed E-state index contributed by atoms with van der Waals surface area (Å²) in [7, 11) is 3.06. The first-order valence-electron chi connectivity index (χ1n) is 10.1. The topological polar surface area (TPSA) is 119 Å². The van der Waals surface area contributed by atoms with E-state index in [1.807, 2.05) is 25.1 Å². The van der Waals surface area contributed by atoms with Crippen molar-refractivity contribution in [3.05, 3.63) is 80.8 Å². The summed E-state index contributed by atoms with van der Waals surface area (Å²) in [5.41, 5.74) is 3.96. The van der Waals surface area contributed by atoms with Crippen molar-refractivity contribution >= 4 is 12.1 Å². The molecule has 0 radical (unpaired) electrons. The Hall–Kier alpha value is -4.45. The van der Waals surface area contributed by atoms with Gasteiger partial charge < -0.3 is 9.47 Å². The van der Waals surface area contributed by atoms with Crippen molar-refractivity contribution in [3.8, 4) is 23.3 Å². The van der Waals surface area contributed by atoms with Crippen LogP contribution >= 0.6 is 0 Å². The second-order valence-corrected chi connectivity index (χ2v) is 7.01. The molecule has 33 heavy (non-hydrogen) atoms. The van der Waals surface area contributed by atoms with Crippen LogP contribution in [0.25, 0.3) is 5.69 Å². The third kappa shape index (κ3) is 4.91. The molecule has 168 valence electrons. The summed E-state index contributed by atoms with van der Waals surface area (Å²) in [4.78, 5) is 25.5. The van der Waals surface area contributed by atoms with E-state index in [9.17, 15) is 14.9 Å². The molecule has 3 aromatic rings. The third-order valence-corrected chi connectivity index (χ3v) is 5.04. The number of aromatic nitrogens is 2. The monoisotopic (exact) mass is 445 g/mol. The van der Waals surface area contributed by atoms with E-state index in [0.29, 0.717) is 22.7 Å². The first-order chi connectivity index (χ1) is 15.9. The number of nitrogens with zero attached hydrogens (tertiary/aromatic N) is 4. The molecule has 0 aliphatic heterocycles. The number of hydrogen-bond donors (Lipinski definition) is 1. The van der Waals surface area contributed by atoms with Gasteiger partial charge in [-0.25, -0.2) is 5.43 Å². The molecule has 2 aromatic carbocycles. The summed E-state index contributed by atoms with van der Waals surface area (Å²) < 4.78 is 11.5. The normalized spacial score (nSPS) is 10.6. The van der Waals surface area contributed by atoms with Crippen molar-refractivity contribution in [3.63, 3.8) is 0 Å². The van der Waals surface area contributed by atoms with Crippen LogP contribution in [-0.4, -0.2) is 36.1 Å². The van der Waals surface area contributed by atoms with Crippen molar-refractivity contribution in [2.45, 2.75) is 20.3 Å². The van der Waals surface area contributed by atoms with E-state index >= 15 is 0 Å². The predicted molar refractivity (Wildman–Crippen MR) is 123 cm³/mol. The lowest BCUT2D eigenvalue weighted by atomic mass is 10.1. The Morgan fingerprint density at radius 3 is 2.48 bits per heavy atom. The van der Waals surface area contributed by atoms with Gasteiger partial charge >= 0.3 is 0 Å². The maximum atomic E-state index is 12.8. The van der Waals surface area contributed by atoms with Crippen molar-refractivity contribution in [1.82, 2.24) is 15.2 Å². The number of benzene rings is 2. The van der Waals surface area contributed by atoms with E-state index in [1.54, 1.807) is 30.3 Å². The molecule has 0 fully saturated rings. The maximum Gasteiger partial charge on any atom is 0.292 e. The zero-order valence-electron chi connectivity index (χ0n) is 18.7. The minimum Gasteiger partial charge on any atom is -0.493 e. The van der Waals surface area contributed by atoms with Gasteiger partial charge in [0.1, 0.15) is 11.6 Å². The van der Waals surface area contributed by atoms with Crippen LogP contribution in [0.1, 0.15) is 39.7 Å². The molecular formula is C24H23N5O4. The number of methoxy groups -OCH3 is 2. The molecule has 1 heterocycles. The number of aryl methyl sites for hydroxylation is 1. The highest BCUT2D eigenvalue weighted by Gasteiger charge is 2.20. The highest BCUT2D eigenvalue weighted by molar-refractivity contribution is 5.94. The van der Waals surface area contributed by atoms with E-state index in [4.69, 9.17) is 9.47 Å². The number of rotatable bonds is 7. The molecule has 0 aliphatic rings. The van der Waals surface area contributed by atoms with E-state index in [0.717, 1.165) is 16.7 Å². The molecular weight excluding hydrogens is 422 g/mol. The zero-order valence-corrected chi connectivity index (χ0v) is 18.7. The highest BCUT2D eigenvalue weighted by Crippen LogP contribution is 2.26. The molecule has 0 bridgehead atoms. The fourth-order valence-corrected chi connectivity index (χ4v) is 3.15. The van der Waals surface area contributed by atoms with Crippen LogP contribution in [0, 0.1) is 18.3 Å². The lowest BCUT2D eigenvalue weighted by Gasteiger charge is -2.11. The number of carbonyl (C=O) groups excluding carboxylic acids is 1. The Bertz CT molecular complexity index is 1300. The molecule has 0 saturated heterocycles. The molecule has 0 atom stereocenters. The van der Waals surface area contributed by atoms with Crippen LogP contribution in [0.5, 0.6) is 11.5 Å². The largest absolute Gasteiger partial charge is 0.493 e. The number of hydrogen-bond acceptors (Lipinski definition) is 7. The Morgan fingerprint density at radius 1 is 1.18 bits per heavy atom. The van der Waals surface area contributed by atoms with E-state index in [2.05, 4.69) is 15.6 Å². The number of nitrogens with one attached hydrogen (secondary N) is 1. The molecule has 0 unspecified atom stereocenters. The Balaban J connectivity index is 1.92. The van der Waals surface area contributed by atoms with Gasteiger partial charge in [-0.2, -0.15) is 20.1 Å². The van der Waals surface area contributed by atoms with Gasteiger partial charge in [0.15, 0.2) is 17.2 Å². The molecule has 1 N–H and O–H groups in total. The van der Waals surface area contributed by atoms with Gasteiger partial charge in [0.05, 0.1) is 26.1 Å². The summed E-state index contributed by atoms with van der Waals surface area (Å²) in [6, 6.07) is 14.2. The molecule has 0 saturated carbocycles. The van der Waals surface area contributed by atoms with Crippen molar-refractivity contribution < 1.29 is 14.3 Å². The molecule has 3 rings (SSSR count). The third-order valence-electron chi connectivity index (χ3n) is 5.04. The Morgan fingerprint density at radius 2 is 1.88 bits per heavy atom. The minimum atomic E-state index is -0.653. The maximum absolute atomic E-state index is 12.8. The highest BCUT2D eigenvalue weighted by atomic mass is 16.5. The minimum absolute atomic E-state index is 0.0739. The van der Waals surface area contributed by atoms with Crippen molar-refractivity contribution in [2.75, 3.05) is 14.2 Å². The van der Waals surface area contributed by atoms with Crippen LogP contribution in [-0.2, 0) is 6.42 Å². The SMILES string of the molecule is CCc1ccc(-n2nc(C(=O)N/N=C/c3ccc(OC)c(OC)c3)c(C)c(C#N)c2=O)cc1. The predicted octanol–water partition coefficient (Wildman–Crippen LogP) is 2.76. The summed E-state index contributed by atoms with van der Waals surface area (Å²) in [6.45, 7) is 3.52. The number of hydrazone groups is 1. The quantitative estimate of drug-likeness (QED) is 0.441. The number of amides is 1. The van der Waals surface area contributed by atoms with Crippen LogP contribution in [0.15, 0.2) is 52.4 Å². The van der Waals surface area contributed by atoms with Gasteiger partial charge in [-0.1, -0.05) is 19.1 Å². The van der Waals surface area contributed by atoms with Crippen LogP contribution in [0.2, 0.25) is 0 Å². The lowest BCUT2D eigenvalue weighted by Crippen LogP contribution is -2.31. The molecule has 1 amide bonds. The number of ether oxygens (including phenoxy) is 2. The van der Waals surface area contributed by atoms with Gasteiger partial charge in [0.2, 0.25) is 0 Å². The van der Waals surface area contributed by atoms with Gasteiger partial charge in [-0.15, -0.1) is 0 Å². The van der Waals surface area contributed by atoms with Gasteiger partial charge in [-0.05, 0) is 54.8 Å². The number of carbonyl (C=O) groups is 1. The van der Waals surface area contributed by atoms with Crippen LogP contribution < -0.4 is 20.5 Å². The summed E-state index contributed by atoms with van der Waals surface area (Å²) in [5.74, 6) is 0.432. The van der Waals surface area contributed by atoms with E-state index in [-0.39, 0.29) is 16.8 Å². The van der Waals surface area contributed by atoms with Gasteiger partial charge in [0.25, 0.3) is 11.5 Å². The smallest absolute Gasteiger partial charge is 0.292 e. The van der Waals surface area contributed by atoms with Crippen LogP contribution in [0.4, 0.5) is 0 Å². The van der Waals surface area contributed by atoms with Crippen molar-refractivity contribution in [1.29, 1.82) is 5.26 Å². The first kappa shape index (κ1) is 23.2. The second kappa shape index (κ2) is 10.2. The van der Waals surface area contributed by atoms with E-state index < -0.39 is 11.5 Å². The average molecular weight is 445 g/mol. The first-order valence-corrected chi connectivity index (χ1v) is 10.1.